The first kappa shape index (κ1) is 19.6. The van der Waals surface area contributed by atoms with E-state index in [-0.39, 0.29) is 29.4 Å². The summed E-state index contributed by atoms with van der Waals surface area (Å²) in [6.07, 6.45) is 2.81. The largest absolute Gasteiger partial charge is 0.465 e. The van der Waals surface area contributed by atoms with Gasteiger partial charge in [0.2, 0.25) is 10.0 Å². The van der Waals surface area contributed by atoms with E-state index in [0.29, 0.717) is 5.56 Å². The van der Waals surface area contributed by atoms with Crippen LogP contribution in [0.2, 0.25) is 0 Å². The zero-order chi connectivity index (χ0) is 16.2. The number of carbonyl (C=O) groups is 1. The molecule has 8 heteroatoms. The quantitative estimate of drug-likeness (QED) is 0.612. The number of rotatable bonds is 5. The van der Waals surface area contributed by atoms with Crippen LogP contribution >= 0.6 is 12.4 Å². The molecule has 1 aromatic rings. The van der Waals surface area contributed by atoms with Gasteiger partial charge in [-0.15, -0.1) is 12.4 Å². The third kappa shape index (κ3) is 4.78. The molecule has 1 aliphatic heterocycles. The number of nitrogens with one attached hydrogen (secondary N) is 2. The Bertz CT molecular complexity index is 701. The number of methoxy groups -OCH3 is 1. The fraction of sp³-hybridized carbons (Fsp3) is 0.400. The summed E-state index contributed by atoms with van der Waals surface area (Å²) < 4.78 is 32.2. The number of benzene rings is 1. The third-order valence-electron chi connectivity index (χ3n) is 3.63. The van der Waals surface area contributed by atoms with E-state index < -0.39 is 16.0 Å². The number of halogens is 1. The topological polar surface area (TPSA) is 84.5 Å². The van der Waals surface area contributed by atoms with Crippen LogP contribution in [0.5, 0.6) is 0 Å². The molecule has 0 bridgehead atoms. The van der Waals surface area contributed by atoms with Crippen molar-refractivity contribution in [3.8, 4) is 0 Å². The van der Waals surface area contributed by atoms with Gasteiger partial charge in [-0.25, -0.2) is 17.9 Å². The van der Waals surface area contributed by atoms with Crippen molar-refractivity contribution in [1.82, 2.24) is 10.0 Å². The highest BCUT2D eigenvalue weighted by Gasteiger charge is 2.21. The van der Waals surface area contributed by atoms with Gasteiger partial charge in [-0.05, 0) is 37.6 Å². The predicted molar refractivity (Wildman–Crippen MR) is 90.5 cm³/mol. The molecule has 2 rings (SSSR count). The van der Waals surface area contributed by atoms with Crippen molar-refractivity contribution in [2.75, 3.05) is 26.7 Å². The molecule has 0 aliphatic carbocycles. The predicted octanol–water partition coefficient (Wildman–Crippen LogP) is 1.40. The Morgan fingerprint density at radius 1 is 1.39 bits per heavy atom. The standard InChI is InChI=1S/C15H20N2O4S.ClH/c1-11-13(15(18)21-2)4-3-5-14(11)22(19,20)17-10-12-6-8-16-9-7-12;/h3-6,16-17H,7-10H2,1-2H3;1H. The van der Waals surface area contributed by atoms with Gasteiger partial charge in [0, 0.05) is 13.1 Å². The number of sulfonamides is 1. The fourth-order valence-corrected chi connectivity index (χ4v) is 3.63. The SMILES string of the molecule is COC(=O)c1cccc(S(=O)(=O)NCC2=CCNCC2)c1C.Cl. The Labute approximate surface area is 142 Å². The van der Waals surface area contributed by atoms with E-state index in [1.54, 1.807) is 13.0 Å². The maximum atomic E-state index is 12.5. The van der Waals surface area contributed by atoms with E-state index in [0.717, 1.165) is 25.1 Å². The van der Waals surface area contributed by atoms with Crippen molar-refractivity contribution in [3.63, 3.8) is 0 Å². The molecule has 1 heterocycles. The first-order valence-corrected chi connectivity index (χ1v) is 8.50. The zero-order valence-corrected chi connectivity index (χ0v) is 14.7. The minimum Gasteiger partial charge on any atom is -0.465 e. The molecule has 128 valence electrons. The molecule has 0 amide bonds. The Kier molecular flexibility index (Phi) is 7.21. The fourth-order valence-electron chi connectivity index (χ4n) is 2.33. The van der Waals surface area contributed by atoms with E-state index in [1.807, 2.05) is 6.08 Å². The molecule has 0 saturated heterocycles. The second-order valence-electron chi connectivity index (χ2n) is 5.06. The lowest BCUT2D eigenvalue weighted by molar-refractivity contribution is 0.0599. The number of carbonyl (C=O) groups excluding carboxylic acids is 1. The normalized spacial score (nSPS) is 14.6. The highest BCUT2D eigenvalue weighted by atomic mass is 35.5. The molecule has 6 nitrogen and oxygen atoms in total. The van der Waals surface area contributed by atoms with Gasteiger partial charge in [0.15, 0.2) is 0 Å². The number of hydrogen-bond donors (Lipinski definition) is 2. The molecule has 0 radical (unpaired) electrons. The van der Waals surface area contributed by atoms with Crippen LogP contribution in [-0.2, 0) is 14.8 Å². The van der Waals surface area contributed by atoms with Gasteiger partial charge in [-0.3, -0.25) is 0 Å². The highest BCUT2D eigenvalue weighted by Crippen LogP contribution is 2.20. The van der Waals surface area contributed by atoms with Gasteiger partial charge in [-0.2, -0.15) is 0 Å². The first-order chi connectivity index (χ1) is 10.5. The smallest absolute Gasteiger partial charge is 0.338 e. The molecule has 1 aliphatic rings. The number of esters is 1. The van der Waals surface area contributed by atoms with Crippen molar-refractivity contribution in [2.45, 2.75) is 18.2 Å². The van der Waals surface area contributed by atoms with Crippen molar-refractivity contribution < 1.29 is 17.9 Å². The van der Waals surface area contributed by atoms with Gasteiger partial charge in [0.25, 0.3) is 0 Å². The van der Waals surface area contributed by atoms with Crippen LogP contribution in [0.3, 0.4) is 0 Å². The van der Waals surface area contributed by atoms with Gasteiger partial charge < -0.3 is 10.1 Å². The minimum absolute atomic E-state index is 0. The van der Waals surface area contributed by atoms with E-state index >= 15 is 0 Å². The lowest BCUT2D eigenvalue weighted by atomic mass is 10.1. The minimum atomic E-state index is -3.67. The maximum Gasteiger partial charge on any atom is 0.338 e. The van der Waals surface area contributed by atoms with E-state index in [2.05, 4.69) is 14.8 Å². The first-order valence-electron chi connectivity index (χ1n) is 7.02. The molecule has 23 heavy (non-hydrogen) atoms. The molecular formula is C15H21ClN2O4S. The second kappa shape index (κ2) is 8.44. The van der Waals surface area contributed by atoms with Gasteiger partial charge in [0.1, 0.15) is 0 Å². The molecule has 2 N–H and O–H groups in total. The zero-order valence-electron chi connectivity index (χ0n) is 13.1. The summed E-state index contributed by atoms with van der Waals surface area (Å²) in [6.45, 7) is 3.49. The average Bonchev–Trinajstić information content (AvgIpc) is 2.53. The van der Waals surface area contributed by atoms with Gasteiger partial charge in [0.05, 0.1) is 17.6 Å². The van der Waals surface area contributed by atoms with E-state index in [9.17, 15) is 13.2 Å². The summed E-state index contributed by atoms with van der Waals surface area (Å²) in [5.74, 6) is -0.546. The van der Waals surface area contributed by atoms with Crippen molar-refractivity contribution in [3.05, 3.63) is 41.0 Å². The lowest BCUT2D eigenvalue weighted by Gasteiger charge is -2.16. The molecular weight excluding hydrogens is 340 g/mol. The van der Waals surface area contributed by atoms with E-state index in [4.69, 9.17) is 0 Å². The number of ether oxygens (including phenoxy) is 1. The molecule has 0 fully saturated rings. The van der Waals surface area contributed by atoms with Crippen LogP contribution in [-0.4, -0.2) is 41.1 Å². The van der Waals surface area contributed by atoms with Gasteiger partial charge >= 0.3 is 5.97 Å². The Hall–Kier alpha value is -1.41. The Balaban J connectivity index is 0.00000264. The van der Waals surface area contributed by atoms with Crippen LogP contribution in [0.4, 0.5) is 0 Å². The van der Waals surface area contributed by atoms with Gasteiger partial charge in [-0.1, -0.05) is 17.7 Å². The summed E-state index contributed by atoms with van der Waals surface area (Å²) in [6, 6.07) is 4.58. The molecule has 0 atom stereocenters. The molecule has 0 spiro atoms. The Morgan fingerprint density at radius 2 is 2.13 bits per heavy atom. The van der Waals surface area contributed by atoms with Crippen molar-refractivity contribution in [1.29, 1.82) is 0 Å². The van der Waals surface area contributed by atoms with Crippen molar-refractivity contribution in [2.24, 2.45) is 0 Å². The molecule has 0 unspecified atom stereocenters. The van der Waals surface area contributed by atoms with Crippen LogP contribution < -0.4 is 10.0 Å². The lowest BCUT2D eigenvalue weighted by Crippen LogP contribution is -2.30. The summed E-state index contributed by atoms with van der Waals surface area (Å²) >= 11 is 0. The monoisotopic (exact) mass is 360 g/mol. The summed E-state index contributed by atoms with van der Waals surface area (Å²) in [4.78, 5) is 11.8. The van der Waals surface area contributed by atoms with Crippen LogP contribution in [0, 0.1) is 6.92 Å². The van der Waals surface area contributed by atoms with E-state index in [1.165, 1.54) is 19.2 Å². The average molecular weight is 361 g/mol. The van der Waals surface area contributed by atoms with Crippen LogP contribution in [0.1, 0.15) is 22.3 Å². The summed E-state index contributed by atoms with van der Waals surface area (Å²) in [5.41, 5.74) is 1.71. The van der Waals surface area contributed by atoms with Crippen molar-refractivity contribution >= 4 is 28.4 Å². The molecule has 0 aromatic heterocycles. The molecule has 1 aromatic carbocycles. The highest BCUT2D eigenvalue weighted by molar-refractivity contribution is 7.89. The maximum absolute atomic E-state index is 12.5. The van der Waals surface area contributed by atoms with Crippen LogP contribution in [0.25, 0.3) is 0 Å². The summed E-state index contributed by atoms with van der Waals surface area (Å²) in [5, 5.41) is 3.17. The second-order valence-corrected chi connectivity index (χ2v) is 6.80. The summed E-state index contributed by atoms with van der Waals surface area (Å²) in [7, 11) is -2.40. The third-order valence-corrected chi connectivity index (χ3v) is 5.17. The number of hydrogen-bond acceptors (Lipinski definition) is 5. The van der Waals surface area contributed by atoms with Crippen LogP contribution in [0.15, 0.2) is 34.7 Å². The Morgan fingerprint density at radius 3 is 2.74 bits per heavy atom. The molecule has 0 saturated carbocycles.